The van der Waals surface area contributed by atoms with Crippen LogP contribution in [0.3, 0.4) is 0 Å². The standard InChI is InChI=1S/C24H29FO8/c1-11-7-14-18-20(31)19(30)15-8-13(27)5-6-21(15,3)23(18,25)16(28)9-22(14,4)24(11,32)17(29)10-33-12(2)26/h5-6,8,11,14,18-20,30-32H,7,9-10H2,1-4H3/t11?,14-,18+,19?,20?,21-,22-,23+,24-/m0/s1. The summed E-state index contributed by atoms with van der Waals surface area (Å²) < 4.78 is 21.9. The molecule has 0 aromatic heterocycles. The summed E-state index contributed by atoms with van der Waals surface area (Å²) in [6, 6.07) is 0. The van der Waals surface area contributed by atoms with Crippen LogP contribution in [0.4, 0.5) is 4.39 Å². The van der Waals surface area contributed by atoms with Gasteiger partial charge in [-0.3, -0.25) is 19.2 Å². The number of hydrogen-bond donors (Lipinski definition) is 3. The van der Waals surface area contributed by atoms with Gasteiger partial charge >= 0.3 is 5.97 Å². The van der Waals surface area contributed by atoms with Gasteiger partial charge in [0, 0.05) is 24.7 Å². The van der Waals surface area contributed by atoms with E-state index in [0.717, 1.165) is 19.1 Å². The zero-order valence-corrected chi connectivity index (χ0v) is 19.0. The molecule has 3 N–H and O–H groups in total. The van der Waals surface area contributed by atoms with Crippen molar-refractivity contribution in [2.75, 3.05) is 6.61 Å². The average molecular weight is 464 g/mol. The van der Waals surface area contributed by atoms with E-state index in [1.165, 1.54) is 19.9 Å². The zero-order chi connectivity index (χ0) is 24.7. The van der Waals surface area contributed by atoms with E-state index >= 15 is 4.39 Å². The second kappa shape index (κ2) is 7.13. The van der Waals surface area contributed by atoms with Crippen molar-refractivity contribution < 1.29 is 43.6 Å². The molecule has 0 saturated heterocycles. The van der Waals surface area contributed by atoms with E-state index in [1.807, 2.05) is 0 Å². The maximum Gasteiger partial charge on any atom is 0.303 e. The van der Waals surface area contributed by atoms with E-state index in [9.17, 15) is 34.5 Å². The van der Waals surface area contributed by atoms with Gasteiger partial charge in [0.1, 0.15) is 11.7 Å². The number of hydrogen-bond acceptors (Lipinski definition) is 8. The third kappa shape index (κ3) is 2.73. The minimum absolute atomic E-state index is 0.0644. The highest BCUT2D eigenvalue weighted by molar-refractivity contribution is 6.03. The lowest BCUT2D eigenvalue weighted by molar-refractivity contribution is -0.210. The number of aliphatic hydroxyl groups is 3. The van der Waals surface area contributed by atoms with Gasteiger partial charge in [-0.1, -0.05) is 19.9 Å². The summed E-state index contributed by atoms with van der Waals surface area (Å²) in [6.45, 7) is 4.95. The van der Waals surface area contributed by atoms with Crippen LogP contribution in [-0.2, 0) is 23.9 Å². The highest BCUT2D eigenvalue weighted by atomic mass is 19.1. The van der Waals surface area contributed by atoms with Gasteiger partial charge in [-0.15, -0.1) is 0 Å². The molecule has 3 fully saturated rings. The molecule has 180 valence electrons. The summed E-state index contributed by atoms with van der Waals surface area (Å²) in [7, 11) is 0. The van der Waals surface area contributed by atoms with Gasteiger partial charge in [-0.25, -0.2) is 4.39 Å². The van der Waals surface area contributed by atoms with Gasteiger partial charge in [-0.05, 0) is 42.9 Å². The molecule has 0 radical (unpaired) electrons. The monoisotopic (exact) mass is 464 g/mol. The fourth-order valence-electron chi connectivity index (χ4n) is 7.17. The number of esters is 1. The van der Waals surface area contributed by atoms with Crippen molar-refractivity contribution in [2.45, 2.75) is 64.0 Å². The van der Waals surface area contributed by atoms with E-state index in [0.29, 0.717) is 0 Å². The van der Waals surface area contributed by atoms with Crippen LogP contribution in [0.25, 0.3) is 0 Å². The van der Waals surface area contributed by atoms with Gasteiger partial charge in [0.2, 0.25) is 5.78 Å². The molecule has 0 spiro atoms. The summed E-state index contributed by atoms with van der Waals surface area (Å²) in [5, 5.41) is 33.6. The number of rotatable bonds is 3. The van der Waals surface area contributed by atoms with Crippen molar-refractivity contribution in [3.05, 3.63) is 23.8 Å². The Bertz CT molecular complexity index is 1020. The molecule has 0 aromatic carbocycles. The van der Waals surface area contributed by atoms with Crippen molar-refractivity contribution in [3.63, 3.8) is 0 Å². The van der Waals surface area contributed by atoms with E-state index in [-0.39, 0.29) is 12.0 Å². The van der Waals surface area contributed by atoms with Gasteiger partial charge in [0.15, 0.2) is 23.8 Å². The van der Waals surface area contributed by atoms with Gasteiger partial charge in [0.05, 0.1) is 11.5 Å². The topological polar surface area (TPSA) is 138 Å². The summed E-state index contributed by atoms with van der Waals surface area (Å²) in [4.78, 5) is 49.8. The van der Waals surface area contributed by atoms with Crippen LogP contribution in [0.5, 0.6) is 0 Å². The second-order valence-corrected chi connectivity index (χ2v) is 10.4. The first kappa shape index (κ1) is 23.9. The van der Waals surface area contributed by atoms with Crippen LogP contribution in [0.2, 0.25) is 0 Å². The Morgan fingerprint density at radius 2 is 1.88 bits per heavy atom. The SMILES string of the molecule is CC(=O)OCC(=O)[C@@]1(O)C(C)C[C@H]2[C@@H]3C(O)C(O)C4=CC(=O)C=C[C@]4(C)[C@@]3(F)C(=O)C[C@@]21C. The number of aliphatic hydroxyl groups excluding tert-OH is 2. The number of allylic oxidation sites excluding steroid dienone is 3. The van der Waals surface area contributed by atoms with Crippen LogP contribution in [0.15, 0.2) is 23.8 Å². The quantitative estimate of drug-likeness (QED) is 0.517. The van der Waals surface area contributed by atoms with Crippen LogP contribution < -0.4 is 0 Å². The molecule has 0 aliphatic heterocycles. The Hall–Kier alpha value is -2.23. The third-order valence-corrected chi connectivity index (χ3v) is 8.91. The molecule has 8 nitrogen and oxygen atoms in total. The Morgan fingerprint density at radius 1 is 1.24 bits per heavy atom. The highest BCUT2D eigenvalue weighted by Crippen LogP contribution is 2.69. The molecule has 3 saturated carbocycles. The normalized spacial score (nSPS) is 48.5. The maximum atomic E-state index is 17.1. The molecular weight excluding hydrogens is 435 g/mol. The number of ether oxygens (including phenoxy) is 1. The van der Waals surface area contributed by atoms with Crippen LogP contribution in [0.1, 0.15) is 40.5 Å². The molecule has 4 aliphatic carbocycles. The van der Waals surface area contributed by atoms with Crippen LogP contribution in [-0.4, -0.2) is 68.7 Å². The summed E-state index contributed by atoms with van der Waals surface area (Å²) >= 11 is 0. The van der Waals surface area contributed by atoms with Crippen molar-refractivity contribution in [2.24, 2.45) is 28.6 Å². The van der Waals surface area contributed by atoms with Crippen molar-refractivity contribution in [1.29, 1.82) is 0 Å². The van der Waals surface area contributed by atoms with Crippen molar-refractivity contribution >= 4 is 23.3 Å². The Kier molecular flexibility index (Phi) is 5.17. The summed E-state index contributed by atoms with van der Waals surface area (Å²) in [5.41, 5.74) is -7.97. The second-order valence-electron chi connectivity index (χ2n) is 10.4. The molecule has 4 rings (SSSR count). The van der Waals surface area contributed by atoms with Gasteiger partial charge in [0.25, 0.3) is 0 Å². The minimum Gasteiger partial charge on any atom is -0.458 e. The number of alkyl halides is 1. The molecule has 9 atom stereocenters. The lowest BCUT2D eigenvalue weighted by atomic mass is 9.44. The van der Waals surface area contributed by atoms with Crippen molar-refractivity contribution in [3.8, 4) is 0 Å². The zero-order valence-electron chi connectivity index (χ0n) is 19.0. The van der Waals surface area contributed by atoms with Crippen LogP contribution in [0, 0.1) is 28.6 Å². The Balaban J connectivity index is 1.85. The molecular formula is C24H29FO8. The first-order valence-electron chi connectivity index (χ1n) is 11.1. The number of halogens is 1. The molecule has 3 unspecified atom stereocenters. The molecule has 0 aromatic rings. The van der Waals surface area contributed by atoms with E-state index in [1.54, 1.807) is 6.92 Å². The molecule has 33 heavy (non-hydrogen) atoms. The first-order chi connectivity index (χ1) is 15.2. The average Bonchev–Trinajstić information content (AvgIpc) is 2.93. The van der Waals surface area contributed by atoms with Crippen molar-refractivity contribution in [1.82, 2.24) is 0 Å². The predicted molar refractivity (Wildman–Crippen MR) is 111 cm³/mol. The first-order valence-corrected chi connectivity index (χ1v) is 11.1. The van der Waals surface area contributed by atoms with E-state index in [2.05, 4.69) is 0 Å². The smallest absolute Gasteiger partial charge is 0.303 e. The summed E-state index contributed by atoms with van der Waals surface area (Å²) in [5.74, 6) is -5.93. The summed E-state index contributed by atoms with van der Waals surface area (Å²) in [6.07, 6.45) is -0.265. The Morgan fingerprint density at radius 3 is 2.48 bits per heavy atom. The van der Waals surface area contributed by atoms with Gasteiger partial charge in [-0.2, -0.15) is 0 Å². The number of fused-ring (bicyclic) bond motifs is 5. The number of ketones is 3. The number of carbonyl (C=O) groups excluding carboxylic acids is 4. The lowest BCUT2D eigenvalue weighted by Crippen LogP contribution is -2.73. The molecule has 0 bridgehead atoms. The number of Topliss-reactive ketones (excluding diaryl/α,β-unsaturated/α-hetero) is 2. The fraction of sp³-hybridized carbons (Fsp3) is 0.667. The largest absolute Gasteiger partial charge is 0.458 e. The van der Waals surface area contributed by atoms with E-state index < -0.39 is 88.4 Å². The predicted octanol–water partition coefficient (Wildman–Crippen LogP) is 0.616. The van der Waals surface area contributed by atoms with E-state index in [4.69, 9.17) is 4.74 Å². The number of carbonyl (C=O) groups is 4. The maximum absolute atomic E-state index is 17.1. The molecule has 0 heterocycles. The van der Waals surface area contributed by atoms with Gasteiger partial charge < -0.3 is 20.1 Å². The fourth-order valence-corrected chi connectivity index (χ4v) is 7.17. The van der Waals surface area contributed by atoms with Crippen LogP contribution >= 0.6 is 0 Å². The molecule has 0 amide bonds. The molecule has 4 aliphatic rings. The minimum atomic E-state index is -2.66. The Labute approximate surface area is 190 Å². The third-order valence-electron chi connectivity index (χ3n) is 8.91. The highest BCUT2D eigenvalue weighted by Gasteiger charge is 2.78. The lowest BCUT2D eigenvalue weighted by Gasteiger charge is -2.61. The molecule has 9 heteroatoms.